The van der Waals surface area contributed by atoms with E-state index in [0.717, 1.165) is 11.7 Å². The first kappa shape index (κ1) is 18.1. The zero-order chi connectivity index (χ0) is 16.2. The van der Waals surface area contributed by atoms with Crippen molar-refractivity contribution < 1.29 is 9.05 Å². The van der Waals surface area contributed by atoms with E-state index in [0.29, 0.717) is 24.4 Å². The summed E-state index contributed by atoms with van der Waals surface area (Å²) in [5, 5.41) is 1.03. The van der Waals surface area contributed by atoms with Crippen LogP contribution in [0.4, 0.5) is 0 Å². The molecule has 1 aromatic carbocycles. The molecule has 0 radical (unpaired) electrons. The third-order valence-electron chi connectivity index (χ3n) is 4.61. The van der Waals surface area contributed by atoms with Crippen molar-refractivity contribution in [3.8, 4) is 0 Å². The topological polar surface area (TPSA) is 18.5 Å². The molecule has 4 heteroatoms. The highest BCUT2D eigenvalue weighted by Gasteiger charge is 2.36. The first-order chi connectivity index (χ1) is 10.5. The fraction of sp³-hybridized carbons (Fsp3) is 0.667. The van der Waals surface area contributed by atoms with Gasteiger partial charge in [-0.15, -0.1) is 0 Å². The van der Waals surface area contributed by atoms with E-state index in [-0.39, 0.29) is 6.10 Å². The van der Waals surface area contributed by atoms with Crippen LogP contribution in [-0.2, 0) is 20.9 Å². The molecule has 0 bridgehead atoms. The van der Waals surface area contributed by atoms with Gasteiger partial charge < -0.3 is 9.05 Å². The summed E-state index contributed by atoms with van der Waals surface area (Å²) >= 11 is 5.89. The van der Waals surface area contributed by atoms with E-state index in [2.05, 4.69) is 20.8 Å². The zero-order valence-electron chi connectivity index (χ0n) is 14.2. The second-order valence-corrected chi connectivity index (χ2v) is 10.1. The molecule has 1 fully saturated rings. The van der Waals surface area contributed by atoms with Gasteiger partial charge in [-0.3, -0.25) is 0 Å². The quantitative estimate of drug-likeness (QED) is 0.668. The average Bonchev–Trinajstić information content (AvgIpc) is 2.48. The second kappa shape index (κ2) is 8.06. The van der Waals surface area contributed by atoms with Gasteiger partial charge in [-0.2, -0.15) is 0 Å². The van der Waals surface area contributed by atoms with E-state index in [1.54, 1.807) is 0 Å². The third-order valence-corrected chi connectivity index (χ3v) is 7.89. The van der Waals surface area contributed by atoms with Gasteiger partial charge in [0.2, 0.25) is 6.49 Å². The van der Waals surface area contributed by atoms with Crippen LogP contribution < -0.4 is 5.30 Å². The SMILES string of the molecule is CCOP(=S)(OC1CC(C)CCC1C(C)C)c1ccccc1. The number of hydrogen-bond donors (Lipinski definition) is 0. The van der Waals surface area contributed by atoms with Crippen LogP contribution in [0.5, 0.6) is 0 Å². The molecule has 1 aromatic rings. The first-order valence-electron chi connectivity index (χ1n) is 8.45. The predicted molar refractivity (Wildman–Crippen MR) is 98.2 cm³/mol. The minimum absolute atomic E-state index is 0.223. The van der Waals surface area contributed by atoms with Gasteiger partial charge >= 0.3 is 0 Å². The highest BCUT2D eigenvalue weighted by atomic mass is 32.5. The molecule has 1 aliphatic rings. The molecular weight excluding hydrogens is 311 g/mol. The first-order valence-corrected chi connectivity index (χ1v) is 11.1. The molecule has 0 amide bonds. The highest BCUT2D eigenvalue weighted by molar-refractivity contribution is 8.13. The molecule has 4 unspecified atom stereocenters. The van der Waals surface area contributed by atoms with Crippen molar-refractivity contribution >= 4 is 23.6 Å². The Bertz CT molecular complexity index is 503. The Balaban J connectivity index is 2.24. The fourth-order valence-corrected chi connectivity index (χ4v) is 6.18. The van der Waals surface area contributed by atoms with Crippen LogP contribution in [0.1, 0.15) is 47.0 Å². The summed E-state index contributed by atoms with van der Waals surface area (Å²) in [7, 11) is 0. The number of benzene rings is 1. The minimum atomic E-state index is -2.41. The van der Waals surface area contributed by atoms with E-state index in [9.17, 15) is 0 Å². The summed E-state index contributed by atoms with van der Waals surface area (Å²) < 4.78 is 12.5. The van der Waals surface area contributed by atoms with Crippen LogP contribution >= 0.6 is 6.49 Å². The Hall–Kier alpha value is -0.210. The second-order valence-electron chi connectivity index (χ2n) is 6.72. The minimum Gasteiger partial charge on any atom is -0.326 e. The molecule has 0 spiro atoms. The molecule has 0 saturated heterocycles. The molecule has 4 atom stereocenters. The van der Waals surface area contributed by atoms with Gasteiger partial charge in [-0.1, -0.05) is 45.4 Å². The van der Waals surface area contributed by atoms with Crippen molar-refractivity contribution in [3.63, 3.8) is 0 Å². The molecule has 124 valence electrons. The van der Waals surface area contributed by atoms with Crippen LogP contribution in [0.3, 0.4) is 0 Å². The summed E-state index contributed by atoms with van der Waals surface area (Å²) in [6, 6.07) is 10.1. The molecule has 1 aliphatic carbocycles. The van der Waals surface area contributed by atoms with Crippen molar-refractivity contribution in [3.05, 3.63) is 30.3 Å². The molecule has 2 nitrogen and oxygen atoms in total. The van der Waals surface area contributed by atoms with E-state index in [1.807, 2.05) is 37.3 Å². The Morgan fingerprint density at radius 3 is 2.50 bits per heavy atom. The molecular formula is C18H29O2PS. The van der Waals surface area contributed by atoms with E-state index < -0.39 is 6.49 Å². The van der Waals surface area contributed by atoms with Gasteiger partial charge in [0.05, 0.1) is 12.7 Å². The van der Waals surface area contributed by atoms with Crippen molar-refractivity contribution in [1.29, 1.82) is 0 Å². The Morgan fingerprint density at radius 2 is 1.91 bits per heavy atom. The molecule has 2 rings (SSSR count). The Kier molecular flexibility index (Phi) is 6.64. The van der Waals surface area contributed by atoms with Gasteiger partial charge in [0.25, 0.3) is 0 Å². The molecule has 0 N–H and O–H groups in total. The van der Waals surface area contributed by atoms with Gasteiger partial charge in [0, 0.05) is 5.30 Å². The third kappa shape index (κ3) is 4.41. The van der Waals surface area contributed by atoms with Crippen LogP contribution in [0, 0.1) is 17.8 Å². The van der Waals surface area contributed by atoms with Gasteiger partial charge in [-0.25, -0.2) is 0 Å². The summed E-state index contributed by atoms with van der Waals surface area (Å²) in [6.07, 6.45) is 3.85. The number of rotatable bonds is 6. The largest absolute Gasteiger partial charge is 0.326 e. The summed E-state index contributed by atoms with van der Waals surface area (Å²) in [4.78, 5) is 0. The summed E-state index contributed by atoms with van der Waals surface area (Å²) in [6.45, 7) is 7.09. The monoisotopic (exact) mass is 340 g/mol. The van der Waals surface area contributed by atoms with Crippen LogP contribution in [-0.4, -0.2) is 12.7 Å². The summed E-state index contributed by atoms with van der Waals surface area (Å²) in [5.74, 6) is 1.92. The van der Waals surface area contributed by atoms with Gasteiger partial charge in [-0.05, 0) is 61.5 Å². The maximum absolute atomic E-state index is 6.55. The lowest BCUT2D eigenvalue weighted by Crippen LogP contribution is -2.34. The maximum Gasteiger partial charge on any atom is 0.219 e. The lowest BCUT2D eigenvalue weighted by molar-refractivity contribution is 0.0445. The van der Waals surface area contributed by atoms with Crippen molar-refractivity contribution in [1.82, 2.24) is 0 Å². The van der Waals surface area contributed by atoms with Gasteiger partial charge in [0.1, 0.15) is 0 Å². The van der Waals surface area contributed by atoms with Crippen molar-refractivity contribution in [2.24, 2.45) is 17.8 Å². The lowest BCUT2D eigenvalue weighted by atomic mass is 9.75. The van der Waals surface area contributed by atoms with E-state index in [4.69, 9.17) is 20.9 Å². The standard InChI is InChI=1S/C18H29O2PS/c1-5-19-21(22,16-9-7-6-8-10-16)20-18-13-15(4)11-12-17(18)14(2)3/h6-10,14-15,17-18H,5,11-13H2,1-4H3. The van der Waals surface area contributed by atoms with E-state index >= 15 is 0 Å². The van der Waals surface area contributed by atoms with Crippen LogP contribution in [0.2, 0.25) is 0 Å². The van der Waals surface area contributed by atoms with Gasteiger partial charge in [0.15, 0.2) is 0 Å². The Labute approximate surface area is 140 Å². The number of hydrogen-bond acceptors (Lipinski definition) is 3. The Morgan fingerprint density at radius 1 is 1.23 bits per heavy atom. The fourth-order valence-electron chi connectivity index (χ4n) is 3.36. The lowest BCUT2D eigenvalue weighted by Gasteiger charge is -2.39. The molecule has 0 aromatic heterocycles. The van der Waals surface area contributed by atoms with E-state index in [1.165, 1.54) is 12.8 Å². The maximum atomic E-state index is 6.55. The smallest absolute Gasteiger partial charge is 0.219 e. The zero-order valence-corrected chi connectivity index (χ0v) is 15.9. The molecule has 22 heavy (non-hydrogen) atoms. The normalized spacial score (nSPS) is 28.5. The predicted octanol–water partition coefficient (Wildman–Crippen LogP) is 5.14. The van der Waals surface area contributed by atoms with Crippen molar-refractivity contribution in [2.45, 2.75) is 53.1 Å². The average molecular weight is 340 g/mol. The van der Waals surface area contributed by atoms with Crippen LogP contribution in [0.15, 0.2) is 30.3 Å². The highest BCUT2D eigenvalue weighted by Crippen LogP contribution is 2.52. The van der Waals surface area contributed by atoms with Crippen LogP contribution in [0.25, 0.3) is 0 Å². The van der Waals surface area contributed by atoms with Crippen molar-refractivity contribution in [2.75, 3.05) is 6.61 Å². The summed E-state index contributed by atoms with van der Waals surface area (Å²) in [5.41, 5.74) is 0. The molecule has 0 aliphatic heterocycles. The molecule has 1 saturated carbocycles. The molecule has 0 heterocycles.